The number of thioether (sulfide) groups is 1. The minimum Gasteiger partial charge on any atom is -0.394 e. The van der Waals surface area contributed by atoms with Crippen molar-refractivity contribution in [3.63, 3.8) is 0 Å². The van der Waals surface area contributed by atoms with Gasteiger partial charge in [0, 0.05) is 17.9 Å². The third-order valence-corrected chi connectivity index (χ3v) is 6.74. The lowest BCUT2D eigenvalue weighted by Gasteiger charge is -2.46. The molecule has 186 valence electrons. The lowest BCUT2D eigenvalue weighted by atomic mass is 9.97. The van der Waals surface area contributed by atoms with E-state index in [1.807, 2.05) is 0 Å². The van der Waals surface area contributed by atoms with Gasteiger partial charge in [0.05, 0.1) is 18.1 Å². The third kappa shape index (κ3) is 5.80. The fourth-order valence-electron chi connectivity index (χ4n) is 3.59. The van der Waals surface area contributed by atoms with Gasteiger partial charge in [0.15, 0.2) is 6.29 Å². The Hall–Kier alpha value is -1.43. The highest BCUT2D eigenvalue weighted by Gasteiger charge is 2.50. The molecule has 10 unspecified atom stereocenters. The Balaban J connectivity index is 1.64. The molecule has 33 heavy (non-hydrogen) atoms. The standard InChI is InChI=1S/C19H27NO12S/c21-5-10-12(23)13(24)15(26)18(30-10)32-17-11(6-22)31-19(16(27)14(17)25)33-7-8-1-3-9(4-2-8)20(28)29/h1-4,10-19,21-27H,5-7H2. The Morgan fingerprint density at radius 1 is 0.879 bits per heavy atom. The highest BCUT2D eigenvalue weighted by molar-refractivity contribution is 7.99. The molecule has 2 aliphatic heterocycles. The average Bonchev–Trinajstić information content (AvgIpc) is 2.81. The quantitative estimate of drug-likeness (QED) is 0.147. The highest BCUT2D eigenvalue weighted by Crippen LogP contribution is 2.34. The summed E-state index contributed by atoms with van der Waals surface area (Å²) < 4.78 is 16.4. The number of benzene rings is 1. The molecule has 0 amide bonds. The number of hydrogen-bond acceptors (Lipinski definition) is 13. The van der Waals surface area contributed by atoms with Gasteiger partial charge in [0.25, 0.3) is 5.69 Å². The molecule has 3 rings (SSSR count). The van der Waals surface area contributed by atoms with Crippen molar-refractivity contribution in [3.8, 4) is 0 Å². The van der Waals surface area contributed by atoms with E-state index in [0.717, 1.165) is 11.8 Å². The minimum absolute atomic E-state index is 0.0679. The molecule has 2 aliphatic rings. The summed E-state index contributed by atoms with van der Waals surface area (Å²) in [6, 6.07) is 5.77. The lowest BCUT2D eigenvalue weighted by Crippen LogP contribution is -2.64. The minimum atomic E-state index is -1.74. The number of ether oxygens (including phenoxy) is 3. The molecule has 0 radical (unpaired) electrons. The van der Waals surface area contributed by atoms with Gasteiger partial charge in [0.1, 0.15) is 54.3 Å². The van der Waals surface area contributed by atoms with Gasteiger partial charge in [-0.05, 0) is 5.56 Å². The first kappa shape index (κ1) is 26.2. The van der Waals surface area contributed by atoms with Crippen molar-refractivity contribution >= 4 is 17.4 Å². The summed E-state index contributed by atoms with van der Waals surface area (Å²) in [5.74, 6) is 0.281. The molecule has 0 aromatic heterocycles. The molecule has 1 aromatic carbocycles. The van der Waals surface area contributed by atoms with Gasteiger partial charge < -0.3 is 50.0 Å². The summed E-state index contributed by atoms with van der Waals surface area (Å²) >= 11 is 1.09. The molecule has 2 fully saturated rings. The van der Waals surface area contributed by atoms with Crippen LogP contribution in [0.3, 0.4) is 0 Å². The van der Waals surface area contributed by atoms with Crippen LogP contribution < -0.4 is 0 Å². The fourth-order valence-corrected chi connectivity index (χ4v) is 4.71. The second kappa shape index (κ2) is 11.3. The molecule has 10 atom stereocenters. The van der Waals surface area contributed by atoms with E-state index >= 15 is 0 Å². The zero-order valence-electron chi connectivity index (χ0n) is 17.2. The van der Waals surface area contributed by atoms with E-state index in [4.69, 9.17) is 14.2 Å². The highest BCUT2D eigenvalue weighted by atomic mass is 32.2. The lowest BCUT2D eigenvalue weighted by molar-refractivity contribution is -0.384. The van der Waals surface area contributed by atoms with Gasteiger partial charge in [-0.2, -0.15) is 0 Å². The Labute approximate surface area is 192 Å². The van der Waals surface area contributed by atoms with Crippen LogP contribution >= 0.6 is 11.8 Å². The van der Waals surface area contributed by atoms with Crippen molar-refractivity contribution in [1.29, 1.82) is 0 Å². The molecule has 7 N–H and O–H groups in total. The van der Waals surface area contributed by atoms with Crippen molar-refractivity contribution in [2.45, 2.75) is 66.3 Å². The van der Waals surface area contributed by atoms with Crippen LogP contribution in [0.4, 0.5) is 5.69 Å². The van der Waals surface area contributed by atoms with Crippen LogP contribution in [0.5, 0.6) is 0 Å². The van der Waals surface area contributed by atoms with Crippen molar-refractivity contribution < 1.29 is 54.9 Å². The van der Waals surface area contributed by atoms with Crippen LogP contribution in [0, 0.1) is 10.1 Å². The zero-order chi connectivity index (χ0) is 24.3. The number of nitrogens with zero attached hydrogens (tertiary/aromatic N) is 1. The van der Waals surface area contributed by atoms with E-state index in [2.05, 4.69) is 0 Å². The summed E-state index contributed by atoms with van der Waals surface area (Å²) in [5, 5.41) is 80.8. The third-order valence-electron chi connectivity index (χ3n) is 5.52. The van der Waals surface area contributed by atoms with E-state index in [-0.39, 0.29) is 11.4 Å². The zero-order valence-corrected chi connectivity index (χ0v) is 18.0. The molecule has 13 nitrogen and oxygen atoms in total. The fraction of sp³-hybridized carbons (Fsp3) is 0.684. The van der Waals surface area contributed by atoms with Crippen LogP contribution in [-0.2, 0) is 20.0 Å². The molecule has 0 spiro atoms. The number of rotatable bonds is 8. The molecular formula is C19H27NO12S. The molecule has 2 saturated heterocycles. The number of aliphatic hydroxyl groups excluding tert-OH is 7. The molecule has 0 bridgehead atoms. The normalized spacial score (nSPS) is 39.4. The Bertz CT molecular complexity index is 781. The molecule has 14 heteroatoms. The Morgan fingerprint density at radius 3 is 2.09 bits per heavy atom. The second-order valence-electron chi connectivity index (χ2n) is 7.74. The van der Waals surface area contributed by atoms with Crippen molar-refractivity contribution in [1.82, 2.24) is 0 Å². The van der Waals surface area contributed by atoms with Crippen LogP contribution in [-0.4, -0.2) is 114 Å². The molecule has 0 saturated carbocycles. The van der Waals surface area contributed by atoms with Gasteiger partial charge in [-0.1, -0.05) is 12.1 Å². The molecule has 1 aromatic rings. The number of aliphatic hydroxyl groups is 7. The maximum atomic E-state index is 10.7. The SMILES string of the molecule is O=[N+]([O-])c1ccc(CSC2OC(CO)C(OC3OC(CO)C(O)C(O)C3O)C(O)C2O)cc1. The summed E-state index contributed by atoms with van der Waals surface area (Å²) in [7, 11) is 0. The molecule has 2 heterocycles. The van der Waals surface area contributed by atoms with Gasteiger partial charge in [-0.15, -0.1) is 11.8 Å². The van der Waals surface area contributed by atoms with E-state index in [0.29, 0.717) is 5.56 Å². The average molecular weight is 493 g/mol. The summed E-state index contributed by atoms with van der Waals surface area (Å²) in [6.45, 7) is -1.30. The summed E-state index contributed by atoms with van der Waals surface area (Å²) in [6.07, 6.45) is -13.5. The van der Waals surface area contributed by atoms with Crippen molar-refractivity contribution in [2.75, 3.05) is 13.2 Å². The number of hydrogen-bond donors (Lipinski definition) is 7. The van der Waals surface area contributed by atoms with Gasteiger partial charge >= 0.3 is 0 Å². The first-order valence-corrected chi connectivity index (χ1v) is 11.2. The number of nitro benzene ring substituents is 1. The van der Waals surface area contributed by atoms with Crippen molar-refractivity contribution in [3.05, 3.63) is 39.9 Å². The van der Waals surface area contributed by atoms with Crippen LogP contribution in [0.2, 0.25) is 0 Å². The first-order chi connectivity index (χ1) is 15.7. The molecular weight excluding hydrogens is 466 g/mol. The predicted octanol–water partition coefficient (Wildman–Crippen LogP) is -2.55. The molecule has 0 aliphatic carbocycles. The number of nitro groups is 1. The monoisotopic (exact) mass is 493 g/mol. The summed E-state index contributed by atoms with van der Waals surface area (Å²) in [4.78, 5) is 10.2. The first-order valence-electron chi connectivity index (χ1n) is 10.1. The van der Waals surface area contributed by atoms with E-state index < -0.39 is 78.7 Å². The second-order valence-corrected chi connectivity index (χ2v) is 8.83. The Kier molecular flexibility index (Phi) is 8.99. The largest absolute Gasteiger partial charge is 0.394 e. The van der Waals surface area contributed by atoms with Crippen LogP contribution in [0.25, 0.3) is 0 Å². The topological polar surface area (TPSA) is 212 Å². The maximum absolute atomic E-state index is 10.7. The maximum Gasteiger partial charge on any atom is 0.269 e. The van der Waals surface area contributed by atoms with E-state index in [9.17, 15) is 45.9 Å². The van der Waals surface area contributed by atoms with E-state index in [1.165, 1.54) is 12.1 Å². The number of non-ortho nitro benzene ring substituents is 1. The smallest absolute Gasteiger partial charge is 0.269 e. The summed E-state index contributed by atoms with van der Waals surface area (Å²) in [5.41, 5.74) is -0.347. The predicted molar refractivity (Wildman–Crippen MR) is 111 cm³/mol. The van der Waals surface area contributed by atoms with Gasteiger partial charge in [-0.25, -0.2) is 0 Å². The van der Waals surface area contributed by atoms with Gasteiger partial charge in [-0.3, -0.25) is 10.1 Å². The van der Waals surface area contributed by atoms with Gasteiger partial charge in [0.2, 0.25) is 0 Å². The van der Waals surface area contributed by atoms with E-state index in [1.54, 1.807) is 12.1 Å². The Morgan fingerprint density at radius 2 is 1.52 bits per heavy atom. The van der Waals surface area contributed by atoms with Crippen LogP contribution in [0.1, 0.15) is 5.56 Å². The van der Waals surface area contributed by atoms with Crippen molar-refractivity contribution in [2.24, 2.45) is 0 Å². The van der Waals surface area contributed by atoms with Crippen LogP contribution in [0.15, 0.2) is 24.3 Å².